The molecule has 0 aliphatic heterocycles. The van der Waals surface area contributed by atoms with Gasteiger partial charge in [0.15, 0.2) is 0 Å². The molecular weight excluding hydrogens is 214 g/mol. The fraction of sp³-hybridized carbons (Fsp3) is 0.769. The molecule has 0 unspecified atom stereocenters. The fourth-order valence-corrected chi connectivity index (χ4v) is 2.70. The van der Waals surface area contributed by atoms with Crippen molar-refractivity contribution in [3.8, 4) is 0 Å². The number of rotatable bonds is 4. The number of nitrogens with one attached hydrogen (secondary N) is 1. The molecule has 0 bridgehead atoms. The summed E-state index contributed by atoms with van der Waals surface area (Å²) in [5.74, 6) is 0. The van der Waals surface area contributed by atoms with Crippen LogP contribution in [0.25, 0.3) is 0 Å². The predicted octanol–water partition coefficient (Wildman–Crippen LogP) is 1.43. The minimum absolute atomic E-state index is 0.468. The van der Waals surface area contributed by atoms with Crippen LogP contribution in [0.2, 0.25) is 0 Å². The van der Waals surface area contributed by atoms with E-state index in [1.54, 1.807) is 0 Å². The monoisotopic (exact) mass is 237 g/mol. The topological polar surface area (TPSA) is 50.1 Å². The maximum Gasteiger partial charge on any atom is 0.0771 e. The molecule has 96 valence electrons. The molecule has 0 spiro atoms. The van der Waals surface area contributed by atoms with Crippen molar-refractivity contribution in [1.82, 2.24) is 15.1 Å². The van der Waals surface area contributed by atoms with Crippen molar-refractivity contribution in [3.05, 3.63) is 17.0 Å². The fourth-order valence-electron chi connectivity index (χ4n) is 2.70. The highest BCUT2D eigenvalue weighted by Gasteiger charge is 2.30. The van der Waals surface area contributed by atoms with E-state index in [4.69, 9.17) is 0 Å². The van der Waals surface area contributed by atoms with Crippen LogP contribution in [0.5, 0.6) is 0 Å². The van der Waals surface area contributed by atoms with Gasteiger partial charge in [-0.25, -0.2) is 0 Å². The largest absolute Gasteiger partial charge is 0.389 e. The van der Waals surface area contributed by atoms with Crippen LogP contribution in [0, 0.1) is 13.8 Å². The van der Waals surface area contributed by atoms with Gasteiger partial charge in [-0.3, -0.25) is 4.68 Å². The van der Waals surface area contributed by atoms with Gasteiger partial charge >= 0.3 is 0 Å². The predicted molar refractivity (Wildman–Crippen MR) is 67.8 cm³/mol. The molecule has 1 saturated carbocycles. The lowest BCUT2D eigenvalue weighted by molar-refractivity contribution is 0.0474. The molecule has 0 aromatic carbocycles. The van der Waals surface area contributed by atoms with Gasteiger partial charge in [-0.15, -0.1) is 0 Å². The third kappa shape index (κ3) is 2.69. The standard InChI is InChI=1S/C13H23N3O/c1-10-12(11(2)16(3)15-10)8-14-9-13(17)6-4-5-7-13/h14,17H,4-9H2,1-3H3. The van der Waals surface area contributed by atoms with Crippen LogP contribution in [0.15, 0.2) is 0 Å². The summed E-state index contributed by atoms with van der Waals surface area (Å²) in [5.41, 5.74) is 3.07. The maximum atomic E-state index is 10.2. The number of hydrogen-bond acceptors (Lipinski definition) is 3. The van der Waals surface area contributed by atoms with Gasteiger partial charge in [-0.05, 0) is 26.7 Å². The van der Waals surface area contributed by atoms with Crippen molar-refractivity contribution in [3.63, 3.8) is 0 Å². The third-order valence-corrected chi connectivity index (χ3v) is 3.95. The molecule has 1 aliphatic rings. The molecule has 1 aromatic heterocycles. The second-order valence-corrected chi connectivity index (χ2v) is 5.31. The Morgan fingerprint density at radius 1 is 1.35 bits per heavy atom. The van der Waals surface area contributed by atoms with E-state index in [1.807, 2.05) is 18.7 Å². The molecule has 0 radical (unpaired) electrons. The SMILES string of the molecule is Cc1nn(C)c(C)c1CNCC1(O)CCCC1. The molecule has 1 aromatic rings. The molecule has 0 amide bonds. The van der Waals surface area contributed by atoms with Crippen molar-refractivity contribution in [2.75, 3.05) is 6.54 Å². The number of aryl methyl sites for hydroxylation is 2. The molecule has 2 N–H and O–H groups in total. The molecule has 1 heterocycles. The minimum atomic E-state index is -0.468. The third-order valence-electron chi connectivity index (χ3n) is 3.95. The minimum Gasteiger partial charge on any atom is -0.389 e. The van der Waals surface area contributed by atoms with Crippen molar-refractivity contribution in [2.45, 2.75) is 51.7 Å². The van der Waals surface area contributed by atoms with Gasteiger partial charge in [0.05, 0.1) is 11.3 Å². The lowest BCUT2D eigenvalue weighted by Crippen LogP contribution is -2.37. The number of aromatic nitrogens is 2. The van der Waals surface area contributed by atoms with Crippen LogP contribution in [-0.4, -0.2) is 27.0 Å². The van der Waals surface area contributed by atoms with E-state index in [1.165, 1.54) is 11.3 Å². The highest BCUT2D eigenvalue weighted by Crippen LogP contribution is 2.28. The molecule has 4 nitrogen and oxygen atoms in total. The molecule has 1 aliphatic carbocycles. The summed E-state index contributed by atoms with van der Waals surface area (Å²) < 4.78 is 1.91. The zero-order valence-electron chi connectivity index (χ0n) is 11.1. The summed E-state index contributed by atoms with van der Waals surface area (Å²) in [4.78, 5) is 0. The average Bonchev–Trinajstić information content (AvgIpc) is 2.79. The van der Waals surface area contributed by atoms with Crippen LogP contribution in [0.1, 0.15) is 42.6 Å². The quantitative estimate of drug-likeness (QED) is 0.833. The van der Waals surface area contributed by atoms with Gasteiger partial charge in [0.2, 0.25) is 0 Å². The number of aliphatic hydroxyl groups is 1. The van der Waals surface area contributed by atoms with Gasteiger partial charge in [-0.2, -0.15) is 5.10 Å². The zero-order chi connectivity index (χ0) is 12.5. The Hall–Kier alpha value is -0.870. The van der Waals surface area contributed by atoms with Crippen molar-refractivity contribution >= 4 is 0 Å². The average molecular weight is 237 g/mol. The Kier molecular flexibility index (Phi) is 3.54. The van der Waals surface area contributed by atoms with E-state index in [0.717, 1.165) is 37.9 Å². The second kappa shape index (κ2) is 4.78. The van der Waals surface area contributed by atoms with E-state index in [0.29, 0.717) is 6.54 Å². The summed E-state index contributed by atoms with van der Waals surface area (Å²) in [6, 6.07) is 0. The van der Waals surface area contributed by atoms with Gasteiger partial charge in [0.25, 0.3) is 0 Å². The van der Waals surface area contributed by atoms with Crippen molar-refractivity contribution in [2.24, 2.45) is 7.05 Å². The summed E-state index contributed by atoms with van der Waals surface area (Å²) >= 11 is 0. The highest BCUT2D eigenvalue weighted by molar-refractivity contribution is 5.24. The lowest BCUT2D eigenvalue weighted by atomic mass is 10.0. The van der Waals surface area contributed by atoms with Crippen molar-refractivity contribution in [1.29, 1.82) is 0 Å². The van der Waals surface area contributed by atoms with Crippen LogP contribution < -0.4 is 5.32 Å². The van der Waals surface area contributed by atoms with Crippen LogP contribution >= 0.6 is 0 Å². The van der Waals surface area contributed by atoms with Gasteiger partial charge in [-0.1, -0.05) is 12.8 Å². The first-order chi connectivity index (χ1) is 8.02. The van der Waals surface area contributed by atoms with E-state index in [2.05, 4.69) is 17.3 Å². The maximum absolute atomic E-state index is 10.2. The summed E-state index contributed by atoms with van der Waals surface area (Å²) in [7, 11) is 1.97. The van der Waals surface area contributed by atoms with Crippen LogP contribution in [0.4, 0.5) is 0 Å². The molecule has 0 saturated heterocycles. The molecule has 1 fully saturated rings. The zero-order valence-corrected chi connectivity index (χ0v) is 11.1. The van der Waals surface area contributed by atoms with E-state index in [-0.39, 0.29) is 0 Å². The highest BCUT2D eigenvalue weighted by atomic mass is 16.3. The normalized spacial score (nSPS) is 18.8. The number of hydrogen-bond donors (Lipinski definition) is 2. The Balaban J connectivity index is 1.89. The van der Waals surface area contributed by atoms with E-state index < -0.39 is 5.60 Å². The second-order valence-electron chi connectivity index (χ2n) is 5.31. The molecular formula is C13H23N3O. The smallest absolute Gasteiger partial charge is 0.0771 e. The Bertz CT molecular complexity index is 392. The molecule has 17 heavy (non-hydrogen) atoms. The summed E-state index contributed by atoms with van der Waals surface area (Å²) in [6.45, 7) is 5.62. The Morgan fingerprint density at radius 2 is 2.00 bits per heavy atom. The first kappa shape index (κ1) is 12.6. The molecule has 0 atom stereocenters. The van der Waals surface area contributed by atoms with Crippen molar-refractivity contribution < 1.29 is 5.11 Å². The van der Waals surface area contributed by atoms with Crippen LogP contribution in [-0.2, 0) is 13.6 Å². The van der Waals surface area contributed by atoms with Gasteiger partial charge in [0, 0.05) is 31.4 Å². The molecule has 2 rings (SSSR count). The van der Waals surface area contributed by atoms with Gasteiger partial charge < -0.3 is 10.4 Å². The first-order valence-electron chi connectivity index (χ1n) is 6.44. The summed E-state index contributed by atoms with van der Waals surface area (Å²) in [5, 5.41) is 18.0. The van der Waals surface area contributed by atoms with Crippen LogP contribution in [0.3, 0.4) is 0 Å². The number of nitrogens with zero attached hydrogens (tertiary/aromatic N) is 2. The Labute approximate surface area is 103 Å². The first-order valence-corrected chi connectivity index (χ1v) is 6.44. The lowest BCUT2D eigenvalue weighted by Gasteiger charge is -2.22. The summed E-state index contributed by atoms with van der Waals surface area (Å²) in [6.07, 6.45) is 4.18. The Morgan fingerprint density at radius 3 is 2.53 bits per heavy atom. The molecule has 4 heteroatoms. The van der Waals surface area contributed by atoms with Gasteiger partial charge in [0.1, 0.15) is 0 Å². The van der Waals surface area contributed by atoms with E-state index >= 15 is 0 Å². The van der Waals surface area contributed by atoms with E-state index in [9.17, 15) is 5.11 Å².